The summed E-state index contributed by atoms with van der Waals surface area (Å²) in [4.78, 5) is 14.0. The monoisotopic (exact) mass is 363 g/mol. The lowest BCUT2D eigenvalue weighted by atomic mass is 10.0. The van der Waals surface area contributed by atoms with Crippen molar-refractivity contribution in [3.8, 4) is 5.75 Å². The third-order valence-electron chi connectivity index (χ3n) is 3.72. The van der Waals surface area contributed by atoms with Gasteiger partial charge in [0.05, 0.1) is 16.8 Å². The Morgan fingerprint density at radius 2 is 2.17 bits per heavy atom. The highest BCUT2D eigenvalue weighted by molar-refractivity contribution is 6.36. The molecule has 1 aromatic rings. The molecule has 0 radical (unpaired) electrons. The minimum absolute atomic E-state index is 0.0337. The van der Waals surface area contributed by atoms with Crippen molar-refractivity contribution >= 4 is 29.1 Å². The number of nitrogens with zero attached hydrogens (tertiary/aromatic N) is 1. The fraction of sp³-hybridized carbons (Fsp3) is 0.167. The molecule has 1 aromatic carbocycles. The second kappa shape index (κ2) is 7.16. The lowest BCUT2D eigenvalue weighted by molar-refractivity contribution is 0.0851. The van der Waals surface area contributed by atoms with Crippen LogP contribution >= 0.6 is 23.2 Å². The summed E-state index contributed by atoms with van der Waals surface area (Å²) >= 11 is 11.8. The Kier molecular flexibility index (Phi) is 4.97. The van der Waals surface area contributed by atoms with Crippen molar-refractivity contribution in [1.29, 1.82) is 0 Å². The van der Waals surface area contributed by atoms with Crippen molar-refractivity contribution in [2.75, 3.05) is 0 Å². The fourth-order valence-corrected chi connectivity index (χ4v) is 3.01. The lowest BCUT2D eigenvalue weighted by Crippen LogP contribution is -2.23. The molecule has 1 heterocycles. The number of hydrogen-bond donors (Lipinski definition) is 1. The first kappa shape index (κ1) is 16.7. The minimum atomic E-state index is -0.438. The molecule has 1 amide bonds. The summed E-state index contributed by atoms with van der Waals surface area (Å²) in [6, 6.07) is 2.77. The first-order valence-corrected chi connectivity index (χ1v) is 8.19. The van der Waals surface area contributed by atoms with Gasteiger partial charge in [0.25, 0.3) is 5.91 Å². The number of benzene rings is 1. The largest absolute Gasteiger partial charge is 0.506 e. The molecule has 6 heteroatoms. The second-order valence-corrected chi connectivity index (χ2v) is 6.31. The van der Waals surface area contributed by atoms with Gasteiger partial charge in [-0.1, -0.05) is 47.0 Å². The molecule has 0 fully saturated rings. The summed E-state index contributed by atoms with van der Waals surface area (Å²) in [6.07, 6.45) is 13.3. The first-order chi connectivity index (χ1) is 11.5. The topological polar surface area (TPSA) is 49.8 Å². The highest BCUT2D eigenvalue weighted by Gasteiger charge is 2.21. The molecule has 124 valence electrons. The number of hydrogen-bond acceptors (Lipinski definition) is 3. The molecular formula is C18H15Cl2NO3. The maximum Gasteiger partial charge on any atom is 0.265 e. The zero-order valence-corrected chi connectivity index (χ0v) is 14.2. The Hall–Kier alpha value is -2.17. The molecule has 1 N–H and O–H groups in total. The number of phenols is 1. The highest BCUT2D eigenvalue weighted by atomic mass is 35.5. The van der Waals surface area contributed by atoms with Gasteiger partial charge < -0.3 is 9.84 Å². The van der Waals surface area contributed by atoms with E-state index in [1.807, 2.05) is 6.08 Å². The van der Waals surface area contributed by atoms with E-state index in [0.29, 0.717) is 12.2 Å². The standard InChI is InChI=1S/C18H15Cl2NO3/c19-13-9-15(17(22)16(20)10-13)18(23)21-6-7-24-14(11-21)8-12-4-2-1-3-5-12/h1-2,4,6-7,9-11,22H,3,5,8H2. The Morgan fingerprint density at radius 3 is 2.92 bits per heavy atom. The van der Waals surface area contributed by atoms with E-state index in [1.165, 1.54) is 35.1 Å². The fourth-order valence-electron chi connectivity index (χ4n) is 2.52. The van der Waals surface area contributed by atoms with Gasteiger partial charge in [0.2, 0.25) is 0 Å². The lowest BCUT2D eigenvalue weighted by Gasteiger charge is -2.21. The molecule has 1 aliphatic carbocycles. The Bertz CT molecular complexity index is 794. The van der Waals surface area contributed by atoms with Gasteiger partial charge in [0.1, 0.15) is 17.8 Å². The van der Waals surface area contributed by atoms with Gasteiger partial charge in [-0.15, -0.1) is 0 Å². The van der Waals surface area contributed by atoms with Crippen LogP contribution in [0.5, 0.6) is 5.75 Å². The molecular weight excluding hydrogens is 349 g/mol. The molecule has 2 aliphatic rings. The molecule has 0 atom stereocenters. The number of aromatic hydroxyl groups is 1. The van der Waals surface area contributed by atoms with Gasteiger partial charge in [-0.25, -0.2) is 0 Å². The Balaban J connectivity index is 1.82. The van der Waals surface area contributed by atoms with Gasteiger partial charge in [0.15, 0.2) is 0 Å². The van der Waals surface area contributed by atoms with Crippen molar-refractivity contribution in [2.24, 2.45) is 0 Å². The van der Waals surface area contributed by atoms with E-state index in [1.54, 1.807) is 6.20 Å². The first-order valence-electron chi connectivity index (χ1n) is 7.44. The molecule has 4 nitrogen and oxygen atoms in total. The summed E-state index contributed by atoms with van der Waals surface area (Å²) in [7, 11) is 0. The van der Waals surface area contributed by atoms with Crippen molar-refractivity contribution in [1.82, 2.24) is 4.90 Å². The third kappa shape index (κ3) is 3.66. The number of carbonyl (C=O) groups excluding carboxylic acids is 1. The molecule has 0 saturated carbocycles. The molecule has 3 rings (SSSR count). The summed E-state index contributed by atoms with van der Waals surface area (Å²) in [5.74, 6) is -0.0764. The smallest absolute Gasteiger partial charge is 0.265 e. The summed E-state index contributed by atoms with van der Waals surface area (Å²) < 4.78 is 5.48. The molecule has 24 heavy (non-hydrogen) atoms. The van der Waals surface area contributed by atoms with Crippen LogP contribution in [0.4, 0.5) is 0 Å². The zero-order valence-electron chi connectivity index (χ0n) is 12.7. The number of ether oxygens (including phenoxy) is 1. The van der Waals surface area contributed by atoms with E-state index < -0.39 is 5.91 Å². The van der Waals surface area contributed by atoms with Crippen LogP contribution < -0.4 is 0 Å². The zero-order chi connectivity index (χ0) is 17.1. The van der Waals surface area contributed by atoms with Gasteiger partial charge in [-0.05, 0) is 25.0 Å². The molecule has 0 unspecified atom stereocenters. The van der Waals surface area contributed by atoms with E-state index in [0.717, 1.165) is 12.8 Å². The van der Waals surface area contributed by atoms with Crippen LogP contribution in [0.1, 0.15) is 29.6 Å². The quantitative estimate of drug-likeness (QED) is 0.807. The predicted molar refractivity (Wildman–Crippen MR) is 93.7 cm³/mol. The van der Waals surface area contributed by atoms with Crippen molar-refractivity contribution < 1.29 is 14.6 Å². The number of phenolic OH excluding ortho intramolecular Hbond substituents is 1. The summed E-state index contributed by atoms with van der Waals surface area (Å²) in [5, 5.41) is 10.3. The predicted octanol–water partition coefficient (Wildman–Crippen LogP) is 5.15. The van der Waals surface area contributed by atoms with Crippen LogP contribution in [-0.4, -0.2) is 15.9 Å². The third-order valence-corrected chi connectivity index (χ3v) is 4.22. The Labute approximate surface area is 149 Å². The van der Waals surface area contributed by atoms with Crippen LogP contribution in [0.3, 0.4) is 0 Å². The molecule has 0 saturated heterocycles. The van der Waals surface area contributed by atoms with Crippen LogP contribution in [0.15, 0.2) is 60.4 Å². The van der Waals surface area contributed by atoms with Gasteiger partial charge in [0, 0.05) is 17.6 Å². The molecule has 0 spiro atoms. The highest BCUT2D eigenvalue weighted by Crippen LogP contribution is 2.33. The normalized spacial score (nSPS) is 16.5. The summed E-state index contributed by atoms with van der Waals surface area (Å²) in [6.45, 7) is 0. The number of halogens is 2. The van der Waals surface area contributed by atoms with Crippen LogP contribution in [-0.2, 0) is 4.74 Å². The number of carbonyl (C=O) groups is 1. The van der Waals surface area contributed by atoms with E-state index in [4.69, 9.17) is 27.9 Å². The van der Waals surface area contributed by atoms with Crippen LogP contribution in [0.2, 0.25) is 10.0 Å². The minimum Gasteiger partial charge on any atom is -0.506 e. The second-order valence-electron chi connectivity index (χ2n) is 5.46. The van der Waals surface area contributed by atoms with Crippen molar-refractivity contribution in [2.45, 2.75) is 19.3 Å². The van der Waals surface area contributed by atoms with E-state index in [9.17, 15) is 9.90 Å². The molecule has 1 aliphatic heterocycles. The summed E-state index contributed by atoms with van der Waals surface area (Å²) in [5.41, 5.74) is 1.27. The number of amides is 1. The average molecular weight is 364 g/mol. The van der Waals surface area contributed by atoms with E-state index >= 15 is 0 Å². The van der Waals surface area contributed by atoms with Gasteiger partial charge in [-0.3, -0.25) is 9.69 Å². The number of rotatable bonds is 3. The maximum absolute atomic E-state index is 12.6. The van der Waals surface area contributed by atoms with Crippen molar-refractivity contribution in [3.05, 3.63) is 76.0 Å². The van der Waals surface area contributed by atoms with E-state index in [2.05, 4.69) is 12.2 Å². The maximum atomic E-state index is 12.6. The SMILES string of the molecule is O=C(c1cc(Cl)cc(Cl)c1O)N1C=COC(CC2=CC=CCC2)=C1. The average Bonchev–Trinajstić information content (AvgIpc) is 2.58. The molecule has 0 bridgehead atoms. The van der Waals surface area contributed by atoms with Crippen molar-refractivity contribution in [3.63, 3.8) is 0 Å². The van der Waals surface area contributed by atoms with Gasteiger partial charge >= 0.3 is 0 Å². The Morgan fingerprint density at radius 1 is 1.33 bits per heavy atom. The number of allylic oxidation sites excluding steroid dienone is 4. The van der Waals surface area contributed by atoms with E-state index in [-0.39, 0.29) is 21.4 Å². The van der Waals surface area contributed by atoms with Gasteiger partial charge in [-0.2, -0.15) is 0 Å². The molecule has 0 aromatic heterocycles. The van der Waals surface area contributed by atoms with Crippen LogP contribution in [0, 0.1) is 0 Å². The van der Waals surface area contributed by atoms with Crippen LogP contribution in [0.25, 0.3) is 0 Å².